The Bertz CT molecular complexity index is 989. The molecule has 4 rings (SSSR count). The van der Waals surface area contributed by atoms with E-state index < -0.39 is 0 Å². The van der Waals surface area contributed by atoms with Gasteiger partial charge in [0.25, 0.3) is 0 Å². The molecule has 0 spiro atoms. The molecule has 0 aromatic carbocycles. The van der Waals surface area contributed by atoms with E-state index in [0.29, 0.717) is 18.1 Å². The van der Waals surface area contributed by atoms with Gasteiger partial charge in [0.1, 0.15) is 23.9 Å². The number of hydrogen-bond acceptors (Lipinski definition) is 8. The van der Waals surface area contributed by atoms with Crippen molar-refractivity contribution in [2.75, 3.05) is 64.9 Å². The molecule has 0 unspecified atom stereocenters. The Morgan fingerprint density at radius 3 is 2.76 bits per heavy atom. The Balaban J connectivity index is 1.46. The number of fused-ring (bicyclic) bond motifs is 1. The van der Waals surface area contributed by atoms with Crippen LogP contribution in [-0.4, -0.2) is 96.7 Å². The minimum atomic E-state index is -0.0155. The first-order valence-corrected chi connectivity index (χ1v) is 12.3. The van der Waals surface area contributed by atoms with E-state index in [1.54, 1.807) is 6.20 Å². The average molecular weight is 468 g/mol. The van der Waals surface area contributed by atoms with Crippen LogP contribution in [0.3, 0.4) is 0 Å². The molecule has 1 N–H and O–H groups in total. The van der Waals surface area contributed by atoms with Crippen LogP contribution in [0.4, 0.5) is 5.82 Å². The van der Waals surface area contributed by atoms with E-state index in [4.69, 9.17) is 14.7 Å². The van der Waals surface area contributed by atoms with Crippen molar-refractivity contribution in [3.05, 3.63) is 29.6 Å². The van der Waals surface area contributed by atoms with Crippen molar-refractivity contribution in [3.63, 3.8) is 0 Å². The van der Waals surface area contributed by atoms with Gasteiger partial charge in [-0.25, -0.2) is 9.97 Å². The van der Waals surface area contributed by atoms with Gasteiger partial charge >= 0.3 is 0 Å². The maximum Gasteiger partial charge on any atom is 0.239 e. The molecule has 3 heterocycles. The number of rotatable bonds is 9. The van der Waals surface area contributed by atoms with Gasteiger partial charge in [-0.05, 0) is 46.2 Å². The molecule has 1 saturated heterocycles. The maximum atomic E-state index is 12.3. The number of pyridine rings is 1. The molecular formula is C25H37N7O2. The Labute approximate surface area is 202 Å². The van der Waals surface area contributed by atoms with E-state index in [0.717, 1.165) is 74.8 Å². The number of aryl methyl sites for hydroxylation is 1. The van der Waals surface area contributed by atoms with Crippen molar-refractivity contribution in [1.82, 2.24) is 30.1 Å². The number of carbonyl (C=O) groups excluding carboxylic acids is 1. The molecule has 0 saturated carbocycles. The fourth-order valence-electron chi connectivity index (χ4n) is 4.49. The first kappa shape index (κ1) is 24.3. The summed E-state index contributed by atoms with van der Waals surface area (Å²) in [6, 6.07) is 3.90. The number of carbonyl (C=O) groups is 1. The molecule has 1 amide bonds. The lowest BCUT2D eigenvalue weighted by molar-refractivity contribution is -0.120. The van der Waals surface area contributed by atoms with Gasteiger partial charge in [0.2, 0.25) is 5.91 Å². The van der Waals surface area contributed by atoms with Crippen LogP contribution in [-0.2, 0) is 17.6 Å². The second kappa shape index (κ2) is 11.1. The second-order valence-corrected chi connectivity index (χ2v) is 9.60. The fraction of sp³-hybridized carbons (Fsp3) is 0.600. The molecule has 184 valence electrons. The fourth-order valence-corrected chi connectivity index (χ4v) is 4.49. The standard InChI is InChI=1S/C25H37N7O2/c1-18(2)27-23(33)17-31(4)25-20-6-5-7-21(20)28-24(29-25)22-16-19(8-9-26-22)34-15-14-32-12-10-30(3)11-13-32/h8-9,16,18H,5-7,10-15,17H2,1-4H3,(H,27,33). The first-order chi connectivity index (χ1) is 16.4. The number of hydrogen-bond donors (Lipinski definition) is 1. The Morgan fingerprint density at radius 1 is 1.21 bits per heavy atom. The van der Waals surface area contributed by atoms with Gasteiger partial charge < -0.3 is 19.9 Å². The quantitative estimate of drug-likeness (QED) is 0.595. The topological polar surface area (TPSA) is 86.7 Å². The molecule has 34 heavy (non-hydrogen) atoms. The third-order valence-corrected chi connectivity index (χ3v) is 6.34. The lowest BCUT2D eigenvalue weighted by Gasteiger charge is -2.32. The summed E-state index contributed by atoms with van der Waals surface area (Å²) < 4.78 is 6.04. The monoisotopic (exact) mass is 467 g/mol. The van der Waals surface area contributed by atoms with Gasteiger partial charge in [-0.15, -0.1) is 0 Å². The summed E-state index contributed by atoms with van der Waals surface area (Å²) >= 11 is 0. The summed E-state index contributed by atoms with van der Waals surface area (Å²) in [5.41, 5.74) is 2.88. The highest BCUT2D eigenvalue weighted by molar-refractivity contribution is 5.81. The van der Waals surface area contributed by atoms with Gasteiger partial charge in [-0.3, -0.25) is 14.7 Å². The number of amides is 1. The molecule has 2 aromatic heterocycles. The summed E-state index contributed by atoms with van der Waals surface area (Å²) in [5.74, 6) is 2.16. The number of likely N-dealkylation sites (N-methyl/N-ethyl adjacent to an activating group) is 2. The summed E-state index contributed by atoms with van der Waals surface area (Å²) in [5, 5.41) is 2.95. The Kier molecular flexibility index (Phi) is 7.95. The molecule has 0 bridgehead atoms. The molecule has 9 heteroatoms. The van der Waals surface area contributed by atoms with Crippen molar-refractivity contribution in [1.29, 1.82) is 0 Å². The van der Waals surface area contributed by atoms with Crippen molar-refractivity contribution in [2.45, 2.75) is 39.2 Å². The highest BCUT2D eigenvalue weighted by Gasteiger charge is 2.23. The molecular weight excluding hydrogens is 430 g/mol. The number of anilines is 1. The molecule has 0 atom stereocenters. The van der Waals surface area contributed by atoms with Gasteiger partial charge in [0.05, 0.1) is 6.54 Å². The van der Waals surface area contributed by atoms with Crippen molar-refractivity contribution in [2.24, 2.45) is 0 Å². The van der Waals surface area contributed by atoms with Crippen LogP contribution in [0.5, 0.6) is 5.75 Å². The number of nitrogens with one attached hydrogen (secondary N) is 1. The van der Waals surface area contributed by atoms with Gasteiger partial charge in [0, 0.05) is 69.3 Å². The van der Waals surface area contributed by atoms with Gasteiger partial charge in [-0.1, -0.05) is 0 Å². The van der Waals surface area contributed by atoms with Crippen molar-refractivity contribution < 1.29 is 9.53 Å². The molecule has 1 aliphatic heterocycles. The van der Waals surface area contributed by atoms with E-state index in [1.165, 1.54) is 0 Å². The predicted molar refractivity (Wildman–Crippen MR) is 133 cm³/mol. The largest absolute Gasteiger partial charge is 0.492 e. The number of nitrogens with zero attached hydrogens (tertiary/aromatic N) is 6. The summed E-state index contributed by atoms with van der Waals surface area (Å²) in [7, 11) is 4.08. The molecule has 2 aromatic rings. The average Bonchev–Trinajstić information content (AvgIpc) is 3.28. The first-order valence-electron chi connectivity index (χ1n) is 12.3. The van der Waals surface area contributed by atoms with E-state index in [9.17, 15) is 4.79 Å². The predicted octanol–water partition coefficient (Wildman–Crippen LogP) is 1.61. The van der Waals surface area contributed by atoms with E-state index in [-0.39, 0.29) is 18.5 Å². The second-order valence-electron chi connectivity index (χ2n) is 9.60. The number of aromatic nitrogens is 3. The lowest BCUT2D eigenvalue weighted by atomic mass is 10.2. The number of piperazine rings is 1. The summed E-state index contributed by atoms with van der Waals surface area (Å²) in [6.07, 6.45) is 4.65. The van der Waals surface area contributed by atoms with Crippen LogP contribution < -0.4 is 15.0 Å². The molecule has 1 aliphatic carbocycles. The van der Waals surface area contributed by atoms with Crippen molar-refractivity contribution in [3.8, 4) is 17.3 Å². The van der Waals surface area contributed by atoms with Gasteiger partial charge in [0.15, 0.2) is 5.82 Å². The SMILES string of the molecule is CC(C)NC(=O)CN(C)c1nc(-c2cc(OCCN3CCN(C)CC3)ccn2)nc2c1CCC2. The van der Waals surface area contributed by atoms with Crippen LogP contribution in [0.2, 0.25) is 0 Å². The van der Waals surface area contributed by atoms with Crippen molar-refractivity contribution >= 4 is 11.7 Å². The molecule has 0 radical (unpaired) electrons. The summed E-state index contributed by atoms with van der Waals surface area (Å²) in [4.78, 5) is 33.2. The third kappa shape index (κ3) is 6.21. The zero-order chi connectivity index (χ0) is 24.1. The smallest absolute Gasteiger partial charge is 0.239 e. The zero-order valence-electron chi connectivity index (χ0n) is 20.9. The Morgan fingerprint density at radius 2 is 2.00 bits per heavy atom. The van der Waals surface area contributed by atoms with E-state index in [1.807, 2.05) is 37.9 Å². The lowest BCUT2D eigenvalue weighted by Crippen LogP contribution is -2.45. The van der Waals surface area contributed by atoms with Crippen LogP contribution >= 0.6 is 0 Å². The maximum absolute atomic E-state index is 12.3. The summed E-state index contributed by atoms with van der Waals surface area (Å²) in [6.45, 7) is 10.1. The highest BCUT2D eigenvalue weighted by Crippen LogP contribution is 2.31. The normalized spacial score (nSPS) is 16.5. The van der Waals surface area contributed by atoms with Gasteiger partial charge in [-0.2, -0.15) is 0 Å². The molecule has 1 fully saturated rings. The van der Waals surface area contributed by atoms with Crippen LogP contribution in [0.25, 0.3) is 11.5 Å². The van der Waals surface area contributed by atoms with Crippen LogP contribution in [0.1, 0.15) is 31.5 Å². The van der Waals surface area contributed by atoms with E-state index >= 15 is 0 Å². The minimum Gasteiger partial charge on any atom is -0.492 e. The highest BCUT2D eigenvalue weighted by atomic mass is 16.5. The minimum absolute atomic E-state index is 0.0155. The number of ether oxygens (including phenoxy) is 1. The Hall–Kier alpha value is -2.78. The van der Waals surface area contributed by atoms with Crippen LogP contribution in [0, 0.1) is 0 Å². The molecule has 9 nitrogen and oxygen atoms in total. The van der Waals surface area contributed by atoms with Crippen LogP contribution in [0.15, 0.2) is 18.3 Å². The zero-order valence-corrected chi connectivity index (χ0v) is 20.9. The third-order valence-electron chi connectivity index (χ3n) is 6.34. The van der Waals surface area contributed by atoms with E-state index in [2.05, 4.69) is 27.1 Å². The molecule has 2 aliphatic rings.